The molecule has 2 aromatic rings. The number of nitro groups is 1. The van der Waals surface area contributed by atoms with Crippen LogP contribution in [-0.4, -0.2) is 16.6 Å². The summed E-state index contributed by atoms with van der Waals surface area (Å²) in [6, 6.07) is 9.34. The summed E-state index contributed by atoms with van der Waals surface area (Å²) in [6.07, 6.45) is 0. The van der Waals surface area contributed by atoms with Gasteiger partial charge in [0.25, 0.3) is 17.4 Å². The van der Waals surface area contributed by atoms with Gasteiger partial charge in [0.2, 0.25) is 0 Å². The van der Waals surface area contributed by atoms with E-state index in [1.54, 1.807) is 6.07 Å². The third kappa shape index (κ3) is 2.22. The quantitative estimate of drug-likeness (QED) is 0.495. The monoisotopic (exact) mass is 300 g/mol. The molecule has 2 aromatic carbocycles. The molecule has 0 saturated heterocycles. The number of Topliss-reactive ketones (excluding diaryl/α,β-unsaturated/α-hetero) is 1. The minimum absolute atomic E-state index is 0.00407. The van der Waals surface area contributed by atoms with Gasteiger partial charge >= 0.3 is 0 Å². The number of fused-ring (bicyclic) bond motifs is 1. The lowest BCUT2D eigenvalue weighted by atomic mass is 10.1. The van der Waals surface area contributed by atoms with E-state index < -0.39 is 22.4 Å². The molecule has 0 radical (unpaired) electrons. The van der Waals surface area contributed by atoms with Gasteiger partial charge in [-0.05, 0) is 23.8 Å². The first kappa shape index (κ1) is 13.9. The molecule has 0 fully saturated rings. The van der Waals surface area contributed by atoms with E-state index in [1.807, 2.05) is 0 Å². The number of anilines is 1. The molecular formula is C15H9FN2O4. The van der Waals surface area contributed by atoms with Gasteiger partial charge in [0, 0.05) is 12.1 Å². The molecule has 0 N–H and O–H groups in total. The third-order valence-corrected chi connectivity index (χ3v) is 3.40. The number of non-ortho nitro benzene ring substituents is 1. The molecule has 7 heteroatoms. The zero-order chi connectivity index (χ0) is 15.9. The highest BCUT2D eigenvalue weighted by molar-refractivity contribution is 6.52. The number of amides is 1. The summed E-state index contributed by atoms with van der Waals surface area (Å²) >= 11 is 0. The van der Waals surface area contributed by atoms with Gasteiger partial charge in [0.05, 0.1) is 22.7 Å². The average molecular weight is 300 g/mol. The van der Waals surface area contributed by atoms with Gasteiger partial charge in [-0.3, -0.25) is 19.7 Å². The van der Waals surface area contributed by atoms with Crippen molar-refractivity contribution in [3.05, 3.63) is 69.5 Å². The molecule has 1 amide bonds. The number of benzene rings is 2. The highest BCUT2D eigenvalue weighted by Crippen LogP contribution is 2.33. The lowest BCUT2D eigenvalue weighted by Crippen LogP contribution is -2.29. The fourth-order valence-electron chi connectivity index (χ4n) is 2.38. The minimum atomic E-state index is -0.796. The first-order valence-corrected chi connectivity index (χ1v) is 6.36. The summed E-state index contributed by atoms with van der Waals surface area (Å²) in [5.74, 6) is -2.02. The van der Waals surface area contributed by atoms with Crippen LogP contribution in [0.25, 0.3) is 0 Å². The van der Waals surface area contributed by atoms with Crippen molar-refractivity contribution in [1.82, 2.24) is 0 Å². The number of ketones is 1. The second kappa shape index (κ2) is 5.03. The number of hydrogen-bond donors (Lipinski definition) is 0. The molecule has 0 unspecified atom stereocenters. The topological polar surface area (TPSA) is 80.5 Å². The normalized spacial score (nSPS) is 13.4. The second-order valence-electron chi connectivity index (χ2n) is 4.81. The molecule has 22 heavy (non-hydrogen) atoms. The van der Waals surface area contributed by atoms with E-state index in [1.165, 1.54) is 35.2 Å². The van der Waals surface area contributed by atoms with Crippen LogP contribution >= 0.6 is 0 Å². The molecule has 3 rings (SSSR count). The summed E-state index contributed by atoms with van der Waals surface area (Å²) < 4.78 is 13.2. The van der Waals surface area contributed by atoms with Gasteiger partial charge in [-0.1, -0.05) is 12.1 Å². The van der Waals surface area contributed by atoms with Crippen molar-refractivity contribution in [1.29, 1.82) is 0 Å². The fourth-order valence-corrected chi connectivity index (χ4v) is 2.38. The smallest absolute Gasteiger partial charge is 0.299 e. The van der Waals surface area contributed by atoms with Crippen molar-refractivity contribution in [3.63, 3.8) is 0 Å². The second-order valence-corrected chi connectivity index (χ2v) is 4.81. The number of hydrogen-bond acceptors (Lipinski definition) is 4. The Morgan fingerprint density at radius 3 is 2.59 bits per heavy atom. The Kier molecular flexibility index (Phi) is 3.17. The van der Waals surface area contributed by atoms with Gasteiger partial charge in [-0.15, -0.1) is 0 Å². The molecule has 0 atom stereocenters. The zero-order valence-electron chi connectivity index (χ0n) is 11.2. The number of carbonyl (C=O) groups is 2. The van der Waals surface area contributed by atoms with Crippen LogP contribution < -0.4 is 4.90 Å². The molecule has 0 aliphatic carbocycles. The largest absolute Gasteiger partial charge is 0.300 e. The Labute approximate surface area is 123 Å². The maximum absolute atomic E-state index is 13.2. The molecule has 1 heterocycles. The van der Waals surface area contributed by atoms with E-state index in [4.69, 9.17) is 0 Å². The average Bonchev–Trinajstić information content (AvgIpc) is 2.72. The van der Waals surface area contributed by atoms with Crippen molar-refractivity contribution in [2.24, 2.45) is 0 Å². The Bertz CT molecular complexity index is 819. The highest BCUT2D eigenvalue weighted by Gasteiger charge is 2.36. The van der Waals surface area contributed by atoms with E-state index >= 15 is 0 Å². The summed E-state index contributed by atoms with van der Waals surface area (Å²) in [5, 5.41) is 10.8. The summed E-state index contributed by atoms with van der Waals surface area (Å²) in [7, 11) is 0. The van der Waals surface area contributed by atoms with E-state index in [0.717, 1.165) is 6.07 Å². The van der Waals surface area contributed by atoms with E-state index in [9.17, 15) is 24.1 Å². The van der Waals surface area contributed by atoms with E-state index in [0.29, 0.717) is 11.3 Å². The van der Waals surface area contributed by atoms with Crippen molar-refractivity contribution in [3.8, 4) is 0 Å². The van der Waals surface area contributed by atoms with E-state index in [2.05, 4.69) is 0 Å². The van der Waals surface area contributed by atoms with Crippen LogP contribution in [0, 0.1) is 15.9 Å². The van der Waals surface area contributed by atoms with Gasteiger partial charge in [-0.2, -0.15) is 0 Å². The first-order valence-electron chi connectivity index (χ1n) is 6.36. The molecule has 0 saturated carbocycles. The molecule has 0 aromatic heterocycles. The van der Waals surface area contributed by atoms with Crippen molar-refractivity contribution >= 4 is 23.1 Å². The Morgan fingerprint density at radius 1 is 1.14 bits per heavy atom. The van der Waals surface area contributed by atoms with Crippen LogP contribution in [0.4, 0.5) is 15.8 Å². The van der Waals surface area contributed by atoms with Gasteiger partial charge in [0.1, 0.15) is 5.82 Å². The predicted octanol–water partition coefficient (Wildman–Crippen LogP) is 2.46. The Morgan fingerprint density at radius 2 is 1.91 bits per heavy atom. The van der Waals surface area contributed by atoms with Crippen LogP contribution in [0.1, 0.15) is 15.9 Å². The SMILES string of the molecule is O=C1C(=O)N(Cc2cccc(F)c2)c2ccc([N+](=O)[O-])cc21. The van der Waals surface area contributed by atoms with Crippen molar-refractivity contribution in [2.45, 2.75) is 6.54 Å². The maximum atomic E-state index is 13.2. The van der Waals surface area contributed by atoms with Crippen LogP contribution in [0.3, 0.4) is 0 Å². The van der Waals surface area contributed by atoms with Crippen LogP contribution in [-0.2, 0) is 11.3 Å². The summed E-state index contributed by atoms with van der Waals surface area (Å²) in [6.45, 7) is 0.0210. The van der Waals surface area contributed by atoms with Gasteiger partial charge < -0.3 is 4.90 Å². The van der Waals surface area contributed by atoms with E-state index in [-0.39, 0.29) is 17.8 Å². The maximum Gasteiger partial charge on any atom is 0.299 e. The summed E-state index contributed by atoms with van der Waals surface area (Å²) in [4.78, 5) is 35.3. The van der Waals surface area contributed by atoms with Crippen molar-refractivity contribution in [2.75, 3.05) is 4.90 Å². The van der Waals surface area contributed by atoms with Crippen LogP contribution in [0.5, 0.6) is 0 Å². The lowest BCUT2D eigenvalue weighted by Gasteiger charge is -2.16. The number of nitro benzene ring substituents is 1. The van der Waals surface area contributed by atoms with Crippen LogP contribution in [0.2, 0.25) is 0 Å². The molecule has 0 spiro atoms. The molecule has 0 bridgehead atoms. The minimum Gasteiger partial charge on any atom is -0.300 e. The number of halogens is 1. The number of nitrogens with zero attached hydrogens (tertiary/aromatic N) is 2. The predicted molar refractivity (Wildman–Crippen MR) is 75.0 cm³/mol. The number of carbonyl (C=O) groups excluding carboxylic acids is 2. The lowest BCUT2D eigenvalue weighted by molar-refractivity contribution is -0.384. The Balaban J connectivity index is 2.00. The van der Waals surface area contributed by atoms with Gasteiger partial charge in [-0.25, -0.2) is 4.39 Å². The third-order valence-electron chi connectivity index (χ3n) is 3.40. The number of rotatable bonds is 3. The molecule has 1 aliphatic rings. The molecular weight excluding hydrogens is 291 g/mol. The molecule has 1 aliphatic heterocycles. The van der Waals surface area contributed by atoms with Crippen LogP contribution in [0.15, 0.2) is 42.5 Å². The fraction of sp³-hybridized carbons (Fsp3) is 0.0667. The zero-order valence-corrected chi connectivity index (χ0v) is 11.2. The standard InChI is InChI=1S/C15H9FN2O4/c16-10-3-1-2-9(6-10)8-17-13-5-4-11(18(21)22)7-12(13)14(19)15(17)20/h1-7H,8H2. The molecule has 110 valence electrons. The van der Waals surface area contributed by atoms with Gasteiger partial charge in [0.15, 0.2) is 0 Å². The molecule has 6 nitrogen and oxygen atoms in total. The highest BCUT2D eigenvalue weighted by atomic mass is 19.1. The summed E-state index contributed by atoms with van der Waals surface area (Å²) in [5.41, 5.74) is 0.556. The Hall–Kier alpha value is -3.09. The van der Waals surface area contributed by atoms with Crippen molar-refractivity contribution < 1.29 is 18.9 Å². The first-order chi connectivity index (χ1) is 10.5.